The van der Waals surface area contributed by atoms with E-state index in [1.807, 2.05) is 18.2 Å². The Morgan fingerprint density at radius 3 is 2.88 bits per heavy atom. The van der Waals surface area contributed by atoms with Crippen LogP contribution in [0.1, 0.15) is 17.3 Å². The van der Waals surface area contributed by atoms with Gasteiger partial charge < -0.3 is 9.84 Å². The van der Waals surface area contributed by atoms with Crippen LogP contribution in [0, 0.1) is 6.92 Å². The van der Waals surface area contributed by atoms with E-state index in [0.717, 1.165) is 10.0 Å². The van der Waals surface area contributed by atoms with Gasteiger partial charge in [0.05, 0.1) is 11.6 Å². The van der Waals surface area contributed by atoms with Gasteiger partial charge in [0, 0.05) is 11.0 Å². The molecule has 17 heavy (non-hydrogen) atoms. The van der Waals surface area contributed by atoms with Gasteiger partial charge in [-0.3, -0.25) is 0 Å². The molecule has 90 valence electrons. The molecule has 0 saturated heterocycles. The first-order valence-corrected chi connectivity index (χ1v) is 6.26. The number of halogens is 2. The van der Waals surface area contributed by atoms with E-state index in [1.165, 1.54) is 0 Å². The van der Waals surface area contributed by atoms with Crippen molar-refractivity contribution in [1.29, 1.82) is 0 Å². The summed E-state index contributed by atoms with van der Waals surface area (Å²) in [6, 6.07) is 5.84. The second kappa shape index (κ2) is 5.62. The van der Waals surface area contributed by atoms with Crippen molar-refractivity contribution >= 4 is 27.5 Å². The van der Waals surface area contributed by atoms with Gasteiger partial charge >= 0.3 is 0 Å². The first kappa shape index (κ1) is 12.5. The molecule has 4 nitrogen and oxygen atoms in total. The van der Waals surface area contributed by atoms with Crippen molar-refractivity contribution in [3.8, 4) is 0 Å². The van der Waals surface area contributed by atoms with Crippen LogP contribution < -0.4 is 5.32 Å². The molecule has 0 atom stereocenters. The second-order valence-corrected chi connectivity index (χ2v) is 4.85. The number of nitrogens with zero attached hydrogens (tertiary/aromatic N) is 2. The highest BCUT2D eigenvalue weighted by atomic mass is 79.9. The zero-order chi connectivity index (χ0) is 12.3. The number of hydrogen-bond donors (Lipinski definition) is 1. The van der Waals surface area contributed by atoms with E-state index in [0.29, 0.717) is 29.8 Å². The highest BCUT2D eigenvalue weighted by Gasteiger charge is 2.02. The highest BCUT2D eigenvalue weighted by molar-refractivity contribution is 9.10. The van der Waals surface area contributed by atoms with E-state index in [9.17, 15) is 0 Å². The average molecular weight is 317 g/mol. The van der Waals surface area contributed by atoms with Gasteiger partial charge in [-0.25, -0.2) is 0 Å². The standard InChI is InChI=1S/C11H11BrClN3O/c1-7-15-11(17-16-7)6-14-5-8-2-3-9(12)10(13)4-8/h2-4,14H,5-6H2,1H3. The first-order chi connectivity index (χ1) is 8.15. The Morgan fingerprint density at radius 2 is 2.24 bits per heavy atom. The van der Waals surface area contributed by atoms with Crippen LogP contribution in [0.5, 0.6) is 0 Å². The van der Waals surface area contributed by atoms with Crippen LogP contribution in [0.2, 0.25) is 5.02 Å². The Balaban J connectivity index is 1.87. The Morgan fingerprint density at radius 1 is 1.41 bits per heavy atom. The quantitative estimate of drug-likeness (QED) is 0.942. The Hall–Kier alpha value is -0.910. The van der Waals surface area contributed by atoms with Crippen molar-refractivity contribution in [1.82, 2.24) is 15.5 Å². The van der Waals surface area contributed by atoms with Crippen LogP contribution in [-0.4, -0.2) is 10.1 Å². The molecule has 1 N–H and O–H groups in total. The van der Waals surface area contributed by atoms with Crippen LogP contribution in [0.4, 0.5) is 0 Å². The maximum absolute atomic E-state index is 6.00. The summed E-state index contributed by atoms with van der Waals surface area (Å²) in [5, 5.41) is 7.63. The van der Waals surface area contributed by atoms with E-state index < -0.39 is 0 Å². The summed E-state index contributed by atoms with van der Waals surface area (Å²) in [4.78, 5) is 4.10. The van der Waals surface area contributed by atoms with Crippen LogP contribution in [-0.2, 0) is 13.1 Å². The van der Waals surface area contributed by atoms with Crippen molar-refractivity contribution in [3.63, 3.8) is 0 Å². The van der Waals surface area contributed by atoms with E-state index >= 15 is 0 Å². The van der Waals surface area contributed by atoms with Crippen molar-refractivity contribution in [3.05, 3.63) is 45.0 Å². The summed E-state index contributed by atoms with van der Waals surface area (Å²) >= 11 is 9.35. The van der Waals surface area contributed by atoms with E-state index in [1.54, 1.807) is 6.92 Å². The van der Waals surface area contributed by atoms with Gasteiger partial charge in [0.2, 0.25) is 5.89 Å². The SMILES string of the molecule is Cc1noc(CNCc2ccc(Br)c(Cl)c2)n1. The minimum Gasteiger partial charge on any atom is -0.338 e. The molecule has 0 fully saturated rings. The third kappa shape index (κ3) is 3.52. The number of benzene rings is 1. The molecular formula is C11H11BrClN3O. The maximum atomic E-state index is 6.00. The molecule has 1 aromatic heterocycles. The van der Waals surface area contributed by atoms with E-state index in [4.69, 9.17) is 16.1 Å². The topological polar surface area (TPSA) is 51.0 Å². The normalized spacial score (nSPS) is 10.8. The molecule has 0 bridgehead atoms. The van der Waals surface area contributed by atoms with Gasteiger partial charge in [-0.05, 0) is 40.5 Å². The molecule has 0 amide bonds. The third-order valence-electron chi connectivity index (χ3n) is 2.16. The van der Waals surface area contributed by atoms with Crippen molar-refractivity contribution < 1.29 is 4.52 Å². The fourth-order valence-electron chi connectivity index (χ4n) is 1.38. The lowest BCUT2D eigenvalue weighted by molar-refractivity contribution is 0.364. The molecule has 0 unspecified atom stereocenters. The molecule has 0 radical (unpaired) electrons. The summed E-state index contributed by atoms with van der Waals surface area (Å²) < 4.78 is 5.89. The zero-order valence-electron chi connectivity index (χ0n) is 9.20. The van der Waals surface area contributed by atoms with Crippen LogP contribution >= 0.6 is 27.5 Å². The number of aromatic nitrogens is 2. The number of hydrogen-bond acceptors (Lipinski definition) is 4. The van der Waals surface area contributed by atoms with Crippen molar-refractivity contribution in [2.45, 2.75) is 20.0 Å². The van der Waals surface area contributed by atoms with Crippen LogP contribution in [0.25, 0.3) is 0 Å². The van der Waals surface area contributed by atoms with E-state index in [-0.39, 0.29) is 0 Å². The molecule has 0 spiro atoms. The fraction of sp³-hybridized carbons (Fsp3) is 0.273. The van der Waals surface area contributed by atoms with Gasteiger partial charge in [0.15, 0.2) is 5.82 Å². The fourth-order valence-corrected chi connectivity index (χ4v) is 1.82. The van der Waals surface area contributed by atoms with Gasteiger partial charge in [0.25, 0.3) is 0 Å². The lowest BCUT2D eigenvalue weighted by Crippen LogP contribution is -2.12. The molecule has 6 heteroatoms. The number of nitrogens with one attached hydrogen (secondary N) is 1. The Kier molecular flexibility index (Phi) is 4.15. The van der Waals surface area contributed by atoms with E-state index in [2.05, 4.69) is 31.4 Å². The number of aryl methyl sites for hydroxylation is 1. The Bertz CT molecular complexity index is 515. The minimum absolute atomic E-state index is 0.550. The largest absolute Gasteiger partial charge is 0.338 e. The summed E-state index contributed by atoms with van der Waals surface area (Å²) in [6.45, 7) is 3.05. The molecule has 1 heterocycles. The molecule has 2 rings (SSSR count). The monoisotopic (exact) mass is 315 g/mol. The van der Waals surface area contributed by atoms with Crippen molar-refractivity contribution in [2.24, 2.45) is 0 Å². The van der Waals surface area contributed by atoms with Gasteiger partial charge in [-0.1, -0.05) is 22.8 Å². The van der Waals surface area contributed by atoms with Crippen molar-refractivity contribution in [2.75, 3.05) is 0 Å². The summed E-state index contributed by atoms with van der Waals surface area (Å²) in [5.41, 5.74) is 1.11. The first-order valence-electron chi connectivity index (χ1n) is 5.09. The van der Waals surface area contributed by atoms with Crippen LogP contribution in [0.3, 0.4) is 0 Å². The molecule has 2 aromatic rings. The third-order valence-corrected chi connectivity index (χ3v) is 3.39. The van der Waals surface area contributed by atoms with Gasteiger partial charge in [0.1, 0.15) is 0 Å². The van der Waals surface area contributed by atoms with Gasteiger partial charge in [-0.2, -0.15) is 4.98 Å². The molecule has 1 aromatic carbocycles. The lowest BCUT2D eigenvalue weighted by atomic mass is 10.2. The molecule has 0 aliphatic heterocycles. The smallest absolute Gasteiger partial charge is 0.240 e. The summed E-state index contributed by atoms with van der Waals surface area (Å²) in [5.74, 6) is 1.24. The lowest BCUT2D eigenvalue weighted by Gasteiger charge is -2.03. The Labute approximate surface area is 112 Å². The second-order valence-electron chi connectivity index (χ2n) is 3.59. The average Bonchev–Trinajstić information content (AvgIpc) is 2.70. The minimum atomic E-state index is 0.550. The predicted molar refractivity (Wildman–Crippen MR) is 68.7 cm³/mol. The van der Waals surface area contributed by atoms with Gasteiger partial charge in [-0.15, -0.1) is 0 Å². The molecule has 0 aliphatic rings. The predicted octanol–water partition coefficient (Wildman–Crippen LogP) is 3.08. The zero-order valence-corrected chi connectivity index (χ0v) is 11.5. The molecular weight excluding hydrogens is 305 g/mol. The molecule has 0 saturated carbocycles. The summed E-state index contributed by atoms with van der Waals surface area (Å²) in [7, 11) is 0. The highest BCUT2D eigenvalue weighted by Crippen LogP contribution is 2.23. The molecule has 0 aliphatic carbocycles. The summed E-state index contributed by atoms with van der Waals surface area (Å²) in [6.07, 6.45) is 0. The van der Waals surface area contributed by atoms with Crippen LogP contribution in [0.15, 0.2) is 27.2 Å². The number of rotatable bonds is 4. The maximum Gasteiger partial charge on any atom is 0.240 e.